The highest BCUT2D eigenvalue weighted by molar-refractivity contribution is 7.92. The number of nitrogens with zero attached hydrogens (tertiary/aromatic N) is 1. The summed E-state index contributed by atoms with van der Waals surface area (Å²) in [5, 5.41) is 6.54. The Morgan fingerprint density at radius 3 is 2.20 bits per heavy atom. The Balaban J connectivity index is 1.70. The molecule has 0 aliphatic rings. The minimum Gasteiger partial charge on any atom is -0.359 e. The molecule has 158 valence electrons. The van der Waals surface area contributed by atoms with Crippen molar-refractivity contribution in [3.8, 4) is 0 Å². The second-order valence-electron chi connectivity index (χ2n) is 8.21. The van der Waals surface area contributed by atoms with E-state index in [0.29, 0.717) is 22.8 Å². The molecule has 3 rings (SSSR count). The maximum absolute atomic E-state index is 12.6. The van der Waals surface area contributed by atoms with Crippen molar-refractivity contribution < 1.29 is 17.7 Å². The fourth-order valence-electron chi connectivity index (χ4n) is 2.66. The first kappa shape index (κ1) is 21.6. The number of amides is 1. The summed E-state index contributed by atoms with van der Waals surface area (Å²) < 4.78 is 33.0. The second kappa shape index (κ2) is 7.95. The predicted octanol–water partition coefficient (Wildman–Crippen LogP) is 4.64. The SMILES string of the molecule is Cc1ccc(S(=O)(=O)Nc2ccc(C(=O)Nc3cc(C(C)(C)C)on3)cc2)cc1C. The number of hydrogen-bond donors (Lipinski definition) is 2. The molecule has 0 saturated heterocycles. The van der Waals surface area contributed by atoms with Crippen LogP contribution in [0.5, 0.6) is 0 Å². The normalized spacial score (nSPS) is 11.9. The topological polar surface area (TPSA) is 101 Å². The molecule has 0 spiro atoms. The van der Waals surface area contributed by atoms with Crippen LogP contribution in [-0.2, 0) is 15.4 Å². The summed E-state index contributed by atoms with van der Waals surface area (Å²) in [7, 11) is -3.72. The number of sulfonamides is 1. The van der Waals surface area contributed by atoms with Crippen molar-refractivity contribution in [2.45, 2.75) is 44.9 Å². The van der Waals surface area contributed by atoms with Crippen LogP contribution >= 0.6 is 0 Å². The average molecular weight is 428 g/mol. The Labute approximate surface area is 176 Å². The van der Waals surface area contributed by atoms with Gasteiger partial charge < -0.3 is 9.84 Å². The van der Waals surface area contributed by atoms with Crippen LogP contribution in [0, 0.1) is 13.8 Å². The zero-order valence-corrected chi connectivity index (χ0v) is 18.4. The van der Waals surface area contributed by atoms with Gasteiger partial charge in [-0.3, -0.25) is 9.52 Å². The van der Waals surface area contributed by atoms with E-state index in [-0.39, 0.29) is 16.2 Å². The van der Waals surface area contributed by atoms with Gasteiger partial charge in [-0.1, -0.05) is 32.0 Å². The number of carbonyl (C=O) groups is 1. The molecule has 0 aliphatic heterocycles. The smallest absolute Gasteiger partial charge is 0.261 e. The highest BCUT2D eigenvalue weighted by Crippen LogP contribution is 2.25. The van der Waals surface area contributed by atoms with Crippen molar-refractivity contribution >= 4 is 27.4 Å². The minimum absolute atomic E-state index is 0.188. The highest BCUT2D eigenvalue weighted by Gasteiger charge is 2.21. The molecule has 0 saturated carbocycles. The number of nitrogens with one attached hydrogen (secondary N) is 2. The molecule has 0 unspecified atom stereocenters. The van der Waals surface area contributed by atoms with Crippen LogP contribution in [0.15, 0.2) is 57.9 Å². The van der Waals surface area contributed by atoms with E-state index in [1.54, 1.807) is 36.4 Å². The molecule has 0 radical (unpaired) electrons. The molecule has 1 aromatic heterocycles. The van der Waals surface area contributed by atoms with E-state index in [1.807, 2.05) is 34.6 Å². The Morgan fingerprint density at radius 2 is 1.63 bits per heavy atom. The van der Waals surface area contributed by atoms with Gasteiger partial charge in [-0.15, -0.1) is 0 Å². The zero-order chi connectivity index (χ0) is 22.1. The largest absolute Gasteiger partial charge is 0.359 e. The molecule has 30 heavy (non-hydrogen) atoms. The summed E-state index contributed by atoms with van der Waals surface area (Å²) in [5.74, 6) is 0.616. The number of aromatic nitrogens is 1. The lowest BCUT2D eigenvalue weighted by molar-refractivity contribution is 0.102. The van der Waals surface area contributed by atoms with E-state index < -0.39 is 10.0 Å². The molecular formula is C22H25N3O4S. The zero-order valence-electron chi connectivity index (χ0n) is 17.6. The number of anilines is 2. The summed E-state index contributed by atoms with van der Waals surface area (Å²) in [5.41, 5.74) is 2.43. The van der Waals surface area contributed by atoms with E-state index >= 15 is 0 Å². The maximum Gasteiger partial charge on any atom is 0.261 e. The van der Waals surface area contributed by atoms with Gasteiger partial charge in [0, 0.05) is 22.7 Å². The molecule has 2 N–H and O–H groups in total. The first-order chi connectivity index (χ1) is 14.0. The van der Waals surface area contributed by atoms with Crippen LogP contribution in [-0.4, -0.2) is 19.5 Å². The lowest BCUT2D eigenvalue weighted by Gasteiger charge is -2.12. The van der Waals surface area contributed by atoms with Crippen molar-refractivity contribution in [3.63, 3.8) is 0 Å². The van der Waals surface area contributed by atoms with Crippen molar-refractivity contribution in [1.82, 2.24) is 5.16 Å². The molecule has 1 heterocycles. The van der Waals surface area contributed by atoms with Gasteiger partial charge in [0.2, 0.25) is 0 Å². The lowest BCUT2D eigenvalue weighted by Crippen LogP contribution is -2.14. The first-order valence-electron chi connectivity index (χ1n) is 9.44. The van der Waals surface area contributed by atoms with Crippen molar-refractivity contribution in [3.05, 3.63) is 71.0 Å². The van der Waals surface area contributed by atoms with E-state index in [1.165, 1.54) is 12.1 Å². The van der Waals surface area contributed by atoms with Gasteiger partial charge in [0.25, 0.3) is 15.9 Å². The molecule has 7 nitrogen and oxygen atoms in total. The molecular weight excluding hydrogens is 402 g/mol. The highest BCUT2D eigenvalue weighted by atomic mass is 32.2. The molecule has 2 aromatic carbocycles. The van der Waals surface area contributed by atoms with Crippen LogP contribution in [0.4, 0.5) is 11.5 Å². The van der Waals surface area contributed by atoms with E-state index in [2.05, 4.69) is 15.2 Å². The summed E-state index contributed by atoms with van der Waals surface area (Å²) >= 11 is 0. The number of rotatable bonds is 5. The van der Waals surface area contributed by atoms with E-state index in [4.69, 9.17) is 4.52 Å². The van der Waals surface area contributed by atoms with Gasteiger partial charge in [0.05, 0.1) is 4.90 Å². The van der Waals surface area contributed by atoms with Crippen LogP contribution in [0.25, 0.3) is 0 Å². The van der Waals surface area contributed by atoms with Gasteiger partial charge >= 0.3 is 0 Å². The van der Waals surface area contributed by atoms with E-state index in [9.17, 15) is 13.2 Å². The summed E-state index contributed by atoms with van der Waals surface area (Å²) in [4.78, 5) is 12.6. The Hall–Kier alpha value is -3.13. The number of aryl methyl sites for hydroxylation is 2. The standard InChI is InChI=1S/C22H25N3O4S/c1-14-6-11-18(12-15(14)2)30(27,28)25-17-9-7-16(8-10-17)21(26)23-20-13-19(29-24-20)22(3,4)5/h6-13,25H,1-5H3,(H,23,24,26). The molecule has 0 bridgehead atoms. The number of carbonyl (C=O) groups excluding carboxylic acids is 1. The third kappa shape index (κ3) is 4.88. The van der Waals surface area contributed by atoms with Crippen LogP contribution in [0.3, 0.4) is 0 Å². The van der Waals surface area contributed by atoms with Gasteiger partial charge in [-0.25, -0.2) is 8.42 Å². The van der Waals surface area contributed by atoms with Crippen molar-refractivity contribution in [1.29, 1.82) is 0 Å². The second-order valence-corrected chi connectivity index (χ2v) is 9.89. The predicted molar refractivity (Wildman–Crippen MR) is 116 cm³/mol. The lowest BCUT2D eigenvalue weighted by atomic mass is 9.93. The molecule has 3 aromatic rings. The minimum atomic E-state index is -3.72. The summed E-state index contributed by atoms with van der Waals surface area (Å²) in [6, 6.07) is 12.8. The van der Waals surface area contributed by atoms with Crippen LogP contribution < -0.4 is 10.0 Å². The Bertz CT molecular complexity index is 1170. The fourth-order valence-corrected chi connectivity index (χ4v) is 3.80. The quantitative estimate of drug-likeness (QED) is 0.618. The Kier molecular flexibility index (Phi) is 5.72. The Morgan fingerprint density at radius 1 is 0.967 bits per heavy atom. The van der Waals surface area contributed by atoms with Crippen molar-refractivity contribution in [2.75, 3.05) is 10.0 Å². The van der Waals surface area contributed by atoms with Gasteiger partial charge in [-0.05, 0) is 61.4 Å². The molecule has 0 aliphatic carbocycles. The molecule has 0 atom stereocenters. The monoisotopic (exact) mass is 427 g/mol. The van der Waals surface area contributed by atoms with Gasteiger partial charge in [-0.2, -0.15) is 0 Å². The third-order valence-electron chi connectivity index (χ3n) is 4.68. The molecule has 0 fully saturated rings. The van der Waals surface area contributed by atoms with Crippen molar-refractivity contribution in [2.24, 2.45) is 0 Å². The van der Waals surface area contributed by atoms with Crippen LogP contribution in [0.2, 0.25) is 0 Å². The maximum atomic E-state index is 12.6. The van der Waals surface area contributed by atoms with E-state index in [0.717, 1.165) is 11.1 Å². The first-order valence-corrected chi connectivity index (χ1v) is 10.9. The van der Waals surface area contributed by atoms with Crippen LogP contribution in [0.1, 0.15) is 48.0 Å². The fraction of sp³-hybridized carbons (Fsp3) is 0.273. The molecule has 8 heteroatoms. The summed E-state index contributed by atoms with van der Waals surface area (Å²) in [6.07, 6.45) is 0. The molecule has 1 amide bonds. The van der Waals surface area contributed by atoms with Gasteiger partial charge in [0.15, 0.2) is 5.82 Å². The average Bonchev–Trinajstić information content (AvgIpc) is 3.13. The summed E-state index contributed by atoms with van der Waals surface area (Å²) in [6.45, 7) is 9.73. The van der Waals surface area contributed by atoms with Gasteiger partial charge in [0.1, 0.15) is 5.76 Å². The number of hydrogen-bond acceptors (Lipinski definition) is 5. The third-order valence-corrected chi connectivity index (χ3v) is 6.06. The number of benzene rings is 2.